The summed E-state index contributed by atoms with van der Waals surface area (Å²) < 4.78 is 6.65. The predicted octanol–water partition coefficient (Wildman–Crippen LogP) is 1.79. The Balaban J connectivity index is 1.62. The van der Waals surface area contributed by atoms with Crippen LogP contribution in [0.2, 0.25) is 0 Å². The lowest BCUT2D eigenvalue weighted by Crippen LogP contribution is -2.59. The van der Waals surface area contributed by atoms with Gasteiger partial charge in [-0.3, -0.25) is 14.4 Å². The number of hydrogen-bond acceptors (Lipinski definition) is 5. The number of aliphatic hydroxyl groups is 1. The zero-order chi connectivity index (χ0) is 26.3. The van der Waals surface area contributed by atoms with Crippen molar-refractivity contribution in [3.05, 3.63) is 60.2 Å². The van der Waals surface area contributed by atoms with Gasteiger partial charge >= 0.3 is 0 Å². The van der Waals surface area contributed by atoms with Gasteiger partial charge in [0.25, 0.3) is 0 Å². The van der Waals surface area contributed by atoms with Crippen LogP contribution >= 0.6 is 0 Å². The Hall–Kier alpha value is -2.97. The quantitative estimate of drug-likeness (QED) is 0.569. The molecule has 4 aliphatic heterocycles. The van der Waals surface area contributed by atoms with E-state index >= 15 is 0 Å². The van der Waals surface area contributed by atoms with Gasteiger partial charge in [-0.15, -0.1) is 0 Å². The fraction of sp³-hybridized carbons (Fsp3) is 0.552. The van der Waals surface area contributed by atoms with Crippen molar-refractivity contribution in [2.45, 2.75) is 62.9 Å². The molecule has 0 aromatic heterocycles. The third kappa shape index (κ3) is 4.10. The number of hydrogen-bond donors (Lipinski definition) is 1. The number of carbonyl (C=O) groups excluding carboxylic acids is 3. The molecule has 0 saturated carbocycles. The maximum absolute atomic E-state index is 14.4. The fourth-order valence-corrected chi connectivity index (χ4v) is 6.72. The topological polar surface area (TPSA) is 90.4 Å². The van der Waals surface area contributed by atoms with Gasteiger partial charge < -0.3 is 24.5 Å². The second kappa shape index (κ2) is 10.1. The van der Waals surface area contributed by atoms with Crippen molar-refractivity contribution in [1.29, 1.82) is 0 Å². The molecule has 1 aromatic rings. The van der Waals surface area contributed by atoms with E-state index in [1.54, 1.807) is 16.8 Å². The van der Waals surface area contributed by atoms with E-state index in [9.17, 15) is 19.5 Å². The molecule has 7 atom stereocenters. The highest BCUT2D eigenvalue weighted by atomic mass is 16.5. The van der Waals surface area contributed by atoms with Crippen LogP contribution in [0.3, 0.4) is 0 Å². The first kappa shape index (κ1) is 25.7. The van der Waals surface area contributed by atoms with E-state index in [1.165, 1.54) is 0 Å². The maximum atomic E-state index is 14.4. The Morgan fingerprint density at radius 3 is 2.54 bits per heavy atom. The van der Waals surface area contributed by atoms with E-state index in [2.05, 4.69) is 6.92 Å². The fourth-order valence-electron chi connectivity index (χ4n) is 6.72. The number of fused-ring (bicyclic) bond motifs is 2. The molecule has 198 valence electrons. The van der Waals surface area contributed by atoms with E-state index in [1.807, 2.05) is 66.5 Å². The molecule has 4 heterocycles. The molecule has 2 unspecified atom stereocenters. The summed E-state index contributed by atoms with van der Waals surface area (Å²) in [6, 6.07) is 8.05. The van der Waals surface area contributed by atoms with E-state index in [0.717, 1.165) is 18.4 Å². The van der Waals surface area contributed by atoms with Crippen molar-refractivity contribution >= 4 is 17.7 Å². The molecule has 2 saturated heterocycles. The molecule has 3 amide bonds. The Morgan fingerprint density at radius 2 is 1.84 bits per heavy atom. The van der Waals surface area contributed by atoms with E-state index < -0.39 is 35.6 Å². The molecule has 5 rings (SSSR count). The van der Waals surface area contributed by atoms with Crippen LogP contribution in [0.15, 0.2) is 54.6 Å². The van der Waals surface area contributed by atoms with Gasteiger partial charge in [-0.05, 0) is 25.3 Å². The van der Waals surface area contributed by atoms with Crippen LogP contribution in [-0.4, -0.2) is 94.1 Å². The average molecular weight is 508 g/mol. The van der Waals surface area contributed by atoms with Gasteiger partial charge in [-0.2, -0.15) is 0 Å². The first-order chi connectivity index (χ1) is 17.8. The highest BCUT2D eigenvalue weighted by molar-refractivity contribution is 6.00. The third-order valence-electron chi connectivity index (χ3n) is 8.49. The van der Waals surface area contributed by atoms with Gasteiger partial charge in [0, 0.05) is 26.2 Å². The molecule has 1 spiro atoms. The molecule has 1 N–H and O–H groups in total. The summed E-state index contributed by atoms with van der Waals surface area (Å²) in [7, 11) is 1.73. The minimum Gasteiger partial charge on any atom is -0.394 e. The van der Waals surface area contributed by atoms with Gasteiger partial charge in [0.15, 0.2) is 0 Å². The molecule has 37 heavy (non-hydrogen) atoms. The zero-order valence-corrected chi connectivity index (χ0v) is 21.8. The number of likely N-dealkylation sites (tertiary alicyclic amines) is 1. The molecule has 2 fully saturated rings. The van der Waals surface area contributed by atoms with Crippen LogP contribution in [-0.2, 0) is 25.5 Å². The zero-order valence-electron chi connectivity index (χ0n) is 21.8. The number of amides is 3. The van der Waals surface area contributed by atoms with Gasteiger partial charge in [0.1, 0.15) is 11.6 Å². The molecule has 0 radical (unpaired) electrons. The summed E-state index contributed by atoms with van der Waals surface area (Å²) in [6.07, 6.45) is 9.10. The molecular formula is C29H37N3O5. The smallest absolute Gasteiger partial charge is 0.249 e. The Morgan fingerprint density at radius 1 is 1.08 bits per heavy atom. The van der Waals surface area contributed by atoms with Crippen LogP contribution < -0.4 is 0 Å². The van der Waals surface area contributed by atoms with Gasteiger partial charge in [0.05, 0.1) is 30.6 Å². The number of nitrogens with zero attached hydrogens (tertiary/aromatic N) is 3. The van der Waals surface area contributed by atoms with Crippen LogP contribution in [0.4, 0.5) is 0 Å². The summed E-state index contributed by atoms with van der Waals surface area (Å²) >= 11 is 0. The largest absolute Gasteiger partial charge is 0.394 e. The predicted molar refractivity (Wildman–Crippen MR) is 138 cm³/mol. The van der Waals surface area contributed by atoms with E-state index in [0.29, 0.717) is 19.5 Å². The number of aliphatic hydroxyl groups excluding tert-OH is 1. The van der Waals surface area contributed by atoms with Crippen molar-refractivity contribution in [2.75, 3.05) is 26.7 Å². The van der Waals surface area contributed by atoms with Crippen molar-refractivity contribution in [2.24, 2.45) is 11.8 Å². The Labute approximate surface area is 218 Å². The van der Waals surface area contributed by atoms with Crippen LogP contribution in [0.1, 0.15) is 32.3 Å². The minimum absolute atomic E-state index is 0.0189. The van der Waals surface area contributed by atoms with Crippen LogP contribution in [0.5, 0.6) is 0 Å². The number of likely N-dealkylation sites (N-methyl/N-ethyl adjacent to an activating group) is 1. The van der Waals surface area contributed by atoms with Gasteiger partial charge in [-0.1, -0.05) is 68.0 Å². The number of ether oxygens (including phenoxy) is 1. The van der Waals surface area contributed by atoms with E-state index in [4.69, 9.17) is 4.74 Å². The number of benzene rings is 1. The van der Waals surface area contributed by atoms with Gasteiger partial charge in [-0.25, -0.2) is 0 Å². The summed E-state index contributed by atoms with van der Waals surface area (Å²) in [5, 5.41) is 10.5. The summed E-state index contributed by atoms with van der Waals surface area (Å²) in [4.78, 5) is 47.2. The molecular weight excluding hydrogens is 470 g/mol. The monoisotopic (exact) mass is 507 g/mol. The van der Waals surface area contributed by atoms with Gasteiger partial charge in [0.2, 0.25) is 17.7 Å². The van der Waals surface area contributed by atoms with Crippen LogP contribution in [0.25, 0.3) is 0 Å². The third-order valence-corrected chi connectivity index (χ3v) is 8.49. The number of carbonyl (C=O) groups is 3. The summed E-state index contributed by atoms with van der Waals surface area (Å²) in [5.41, 5.74) is -0.313. The Bertz CT molecular complexity index is 1100. The Kier molecular flexibility index (Phi) is 6.98. The first-order valence-corrected chi connectivity index (χ1v) is 13.4. The lowest BCUT2D eigenvalue weighted by atomic mass is 9.77. The van der Waals surface area contributed by atoms with Crippen molar-refractivity contribution in [3.63, 3.8) is 0 Å². The molecule has 8 heteroatoms. The SMILES string of the molecule is CCCC(C)N1CC=C[C@]23O[C@@H]4C=CCN(C)C(=O)[C@@H]4[C@H]2C(=O)N([C@@H](CO)Cc2ccccc2)C3C1=O. The second-order valence-corrected chi connectivity index (χ2v) is 10.8. The minimum atomic E-state index is -1.27. The van der Waals surface area contributed by atoms with Crippen molar-refractivity contribution in [3.8, 4) is 0 Å². The highest BCUT2D eigenvalue weighted by Crippen LogP contribution is 2.54. The molecule has 0 aliphatic carbocycles. The van der Waals surface area contributed by atoms with E-state index in [-0.39, 0.29) is 30.4 Å². The van der Waals surface area contributed by atoms with Crippen molar-refractivity contribution in [1.82, 2.24) is 14.7 Å². The molecule has 1 aromatic carbocycles. The molecule has 4 aliphatic rings. The first-order valence-electron chi connectivity index (χ1n) is 13.4. The van der Waals surface area contributed by atoms with Crippen LogP contribution in [0, 0.1) is 11.8 Å². The molecule has 8 nitrogen and oxygen atoms in total. The lowest BCUT2D eigenvalue weighted by molar-refractivity contribution is -0.152. The maximum Gasteiger partial charge on any atom is 0.249 e. The van der Waals surface area contributed by atoms with Crippen molar-refractivity contribution < 1.29 is 24.2 Å². The summed E-state index contributed by atoms with van der Waals surface area (Å²) in [5.74, 6) is -2.21. The summed E-state index contributed by atoms with van der Waals surface area (Å²) in [6.45, 7) is 4.67. The number of rotatable bonds is 7. The normalized spacial score (nSPS) is 32.6. The average Bonchev–Trinajstić information content (AvgIpc) is 3.22. The second-order valence-electron chi connectivity index (χ2n) is 10.8. The molecule has 0 bridgehead atoms. The highest BCUT2D eigenvalue weighted by Gasteiger charge is 2.72. The standard InChI is InChI=1S/C29H37N3O5/c1-4-10-19(2)31-16-9-14-29-24(23-22(37-29)13-8-15-30(3)26(23)34)27(35)32(25(29)28(31)36)21(18-33)17-20-11-6-5-7-12-20/h5-9,11-14,19,21-25,33H,4,10,15-18H2,1-3H3/t19?,21-,22-,23+,24+,25?,29+/m1/s1. The lowest BCUT2D eigenvalue weighted by Gasteiger charge is -2.40.